The highest BCUT2D eigenvalue weighted by atomic mass is 79.9. The van der Waals surface area contributed by atoms with Crippen molar-refractivity contribution in [2.24, 2.45) is 0 Å². The number of aromatic nitrogens is 2. The molecule has 0 aromatic carbocycles. The lowest BCUT2D eigenvalue weighted by Gasteiger charge is -2.08. The minimum atomic E-state index is -4.48. The fraction of sp³-hybridized carbons (Fsp3) is 0.154. The van der Waals surface area contributed by atoms with Crippen LogP contribution >= 0.6 is 15.9 Å². The predicted octanol–water partition coefficient (Wildman–Crippen LogP) is 3.82. The first-order valence-electron chi connectivity index (χ1n) is 5.74. The molecule has 0 fully saturated rings. The molecule has 0 aliphatic rings. The van der Waals surface area contributed by atoms with Gasteiger partial charge in [0.2, 0.25) is 0 Å². The number of halogens is 4. The maximum Gasteiger partial charge on any atom is 0.417 e. The first-order chi connectivity index (χ1) is 9.77. The molecule has 0 saturated carbocycles. The van der Waals surface area contributed by atoms with Crippen molar-refractivity contribution in [3.05, 3.63) is 51.9 Å². The van der Waals surface area contributed by atoms with Gasteiger partial charge in [-0.2, -0.15) is 13.2 Å². The van der Waals surface area contributed by atoms with Crippen LogP contribution in [0.15, 0.2) is 35.1 Å². The van der Waals surface area contributed by atoms with Gasteiger partial charge in [0.15, 0.2) is 0 Å². The zero-order chi connectivity index (χ0) is 15.6. The molecule has 4 nitrogen and oxygen atoms in total. The lowest BCUT2D eigenvalue weighted by atomic mass is 10.2. The molecular formula is C13H9BrF3N3O. The van der Waals surface area contributed by atoms with Crippen LogP contribution in [0.4, 0.5) is 19.0 Å². The van der Waals surface area contributed by atoms with Crippen LogP contribution in [-0.2, 0) is 6.18 Å². The summed E-state index contributed by atoms with van der Waals surface area (Å²) in [4.78, 5) is 19.4. The van der Waals surface area contributed by atoms with E-state index in [2.05, 4.69) is 31.2 Å². The van der Waals surface area contributed by atoms with E-state index in [1.807, 2.05) is 6.92 Å². The van der Waals surface area contributed by atoms with Gasteiger partial charge in [0.1, 0.15) is 11.5 Å². The Labute approximate surface area is 126 Å². The average Bonchev–Trinajstić information content (AvgIpc) is 2.42. The van der Waals surface area contributed by atoms with Gasteiger partial charge in [-0.15, -0.1) is 0 Å². The summed E-state index contributed by atoms with van der Waals surface area (Å²) < 4.78 is 38.0. The fourth-order valence-corrected chi connectivity index (χ4v) is 1.70. The lowest BCUT2D eigenvalue weighted by molar-refractivity contribution is -0.137. The van der Waals surface area contributed by atoms with Gasteiger partial charge >= 0.3 is 6.18 Å². The smallest absolute Gasteiger partial charge is 0.305 e. The molecule has 0 aliphatic carbocycles. The molecule has 1 N–H and O–H groups in total. The van der Waals surface area contributed by atoms with Crippen LogP contribution in [0.25, 0.3) is 0 Å². The SMILES string of the molecule is Cc1cc(NC(=O)c2ccc(C(F)(F)F)cn2)ncc1Br. The zero-order valence-electron chi connectivity index (χ0n) is 10.7. The predicted molar refractivity (Wildman–Crippen MR) is 73.9 cm³/mol. The summed E-state index contributed by atoms with van der Waals surface area (Å²) in [6.45, 7) is 1.82. The van der Waals surface area contributed by atoms with Crippen LogP contribution in [0.3, 0.4) is 0 Å². The van der Waals surface area contributed by atoms with Crippen LogP contribution in [0.1, 0.15) is 21.6 Å². The molecule has 0 spiro atoms. The average molecular weight is 360 g/mol. The molecular weight excluding hydrogens is 351 g/mol. The van der Waals surface area contributed by atoms with Gasteiger partial charge < -0.3 is 5.32 Å². The molecule has 8 heteroatoms. The molecule has 0 bridgehead atoms. The van der Waals surface area contributed by atoms with Crippen LogP contribution < -0.4 is 5.32 Å². The molecule has 0 aliphatic heterocycles. The number of hydrogen-bond acceptors (Lipinski definition) is 3. The third-order valence-electron chi connectivity index (χ3n) is 2.61. The Balaban J connectivity index is 2.15. The first kappa shape index (κ1) is 15.4. The largest absolute Gasteiger partial charge is 0.417 e. The van der Waals surface area contributed by atoms with Crippen LogP contribution in [-0.4, -0.2) is 15.9 Å². The molecule has 21 heavy (non-hydrogen) atoms. The molecule has 110 valence electrons. The number of nitrogens with one attached hydrogen (secondary N) is 1. The van der Waals surface area contributed by atoms with E-state index in [-0.39, 0.29) is 5.69 Å². The van der Waals surface area contributed by atoms with Gasteiger partial charge in [-0.1, -0.05) is 0 Å². The minimum absolute atomic E-state index is 0.120. The number of hydrogen-bond donors (Lipinski definition) is 1. The quantitative estimate of drug-likeness (QED) is 0.886. The summed E-state index contributed by atoms with van der Waals surface area (Å²) in [5, 5.41) is 2.47. The molecule has 0 atom stereocenters. The molecule has 2 aromatic rings. The van der Waals surface area contributed by atoms with Gasteiger partial charge in [-0.25, -0.2) is 4.98 Å². The summed E-state index contributed by atoms with van der Waals surface area (Å²) in [5.41, 5.74) is -0.164. The minimum Gasteiger partial charge on any atom is -0.305 e. The Bertz CT molecular complexity index is 671. The Morgan fingerprint density at radius 2 is 1.95 bits per heavy atom. The maximum atomic E-state index is 12.4. The number of anilines is 1. The van der Waals surface area contributed by atoms with E-state index < -0.39 is 17.6 Å². The van der Waals surface area contributed by atoms with Gasteiger partial charge in [0.25, 0.3) is 5.91 Å². The molecule has 2 heterocycles. The monoisotopic (exact) mass is 359 g/mol. The summed E-state index contributed by atoms with van der Waals surface area (Å²) >= 11 is 3.27. The number of pyridine rings is 2. The summed E-state index contributed by atoms with van der Waals surface area (Å²) in [5.74, 6) is -0.333. The Hall–Kier alpha value is -1.96. The third-order valence-corrected chi connectivity index (χ3v) is 3.44. The van der Waals surface area contributed by atoms with Crippen LogP contribution in [0, 0.1) is 6.92 Å². The van der Waals surface area contributed by atoms with Gasteiger partial charge in [-0.05, 0) is 46.6 Å². The number of nitrogens with zero attached hydrogens (tertiary/aromatic N) is 2. The molecule has 2 rings (SSSR count). The van der Waals surface area contributed by atoms with E-state index in [1.165, 1.54) is 6.20 Å². The Kier molecular flexibility index (Phi) is 4.26. The summed E-state index contributed by atoms with van der Waals surface area (Å²) in [6, 6.07) is 3.46. The second-order valence-electron chi connectivity index (χ2n) is 4.20. The highest BCUT2D eigenvalue weighted by Crippen LogP contribution is 2.28. The molecule has 0 radical (unpaired) electrons. The number of carbonyl (C=O) groups excluding carboxylic acids is 1. The van der Waals surface area contributed by atoms with Crippen LogP contribution in [0.5, 0.6) is 0 Å². The second kappa shape index (κ2) is 5.80. The van der Waals surface area contributed by atoms with E-state index >= 15 is 0 Å². The maximum absolute atomic E-state index is 12.4. The van der Waals surface area contributed by atoms with E-state index in [0.29, 0.717) is 12.0 Å². The van der Waals surface area contributed by atoms with Gasteiger partial charge in [-0.3, -0.25) is 9.78 Å². The Morgan fingerprint density at radius 3 is 2.48 bits per heavy atom. The number of rotatable bonds is 2. The molecule has 0 unspecified atom stereocenters. The number of aryl methyl sites for hydroxylation is 1. The van der Waals surface area contributed by atoms with Crippen molar-refractivity contribution < 1.29 is 18.0 Å². The molecule has 1 amide bonds. The zero-order valence-corrected chi connectivity index (χ0v) is 12.3. The summed E-state index contributed by atoms with van der Waals surface area (Å²) in [6.07, 6.45) is -2.34. The van der Waals surface area contributed by atoms with Crippen molar-refractivity contribution in [2.45, 2.75) is 13.1 Å². The number of amides is 1. The van der Waals surface area contributed by atoms with E-state index in [1.54, 1.807) is 6.07 Å². The number of carbonyl (C=O) groups is 1. The van der Waals surface area contributed by atoms with E-state index in [9.17, 15) is 18.0 Å². The highest BCUT2D eigenvalue weighted by Gasteiger charge is 2.30. The van der Waals surface area contributed by atoms with Crippen molar-refractivity contribution in [3.8, 4) is 0 Å². The Morgan fingerprint density at radius 1 is 1.24 bits per heavy atom. The first-order valence-corrected chi connectivity index (χ1v) is 6.53. The third kappa shape index (κ3) is 3.78. The van der Waals surface area contributed by atoms with Crippen molar-refractivity contribution in [2.75, 3.05) is 5.32 Å². The standard InChI is InChI=1S/C13H9BrF3N3O/c1-7-4-11(19-6-9(7)14)20-12(21)10-3-2-8(5-18-10)13(15,16)17/h2-6H,1H3,(H,19,20,21). The lowest BCUT2D eigenvalue weighted by Crippen LogP contribution is -2.15. The fourth-order valence-electron chi connectivity index (χ4n) is 1.48. The molecule has 2 aromatic heterocycles. The topological polar surface area (TPSA) is 54.9 Å². The number of alkyl halides is 3. The van der Waals surface area contributed by atoms with E-state index in [4.69, 9.17) is 0 Å². The van der Waals surface area contributed by atoms with E-state index in [0.717, 1.165) is 22.2 Å². The van der Waals surface area contributed by atoms with Gasteiger partial charge in [0, 0.05) is 16.9 Å². The van der Waals surface area contributed by atoms with Crippen molar-refractivity contribution in [1.82, 2.24) is 9.97 Å². The summed E-state index contributed by atoms with van der Waals surface area (Å²) in [7, 11) is 0. The van der Waals surface area contributed by atoms with Crippen LogP contribution in [0.2, 0.25) is 0 Å². The van der Waals surface area contributed by atoms with Crippen molar-refractivity contribution in [3.63, 3.8) is 0 Å². The molecule has 0 saturated heterocycles. The van der Waals surface area contributed by atoms with Crippen molar-refractivity contribution >= 4 is 27.7 Å². The van der Waals surface area contributed by atoms with Crippen molar-refractivity contribution in [1.29, 1.82) is 0 Å². The highest BCUT2D eigenvalue weighted by molar-refractivity contribution is 9.10. The normalized spacial score (nSPS) is 11.3. The second-order valence-corrected chi connectivity index (χ2v) is 5.06. The van der Waals surface area contributed by atoms with Gasteiger partial charge in [0.05, 0.1) is 5.56 Å².